The van der Waals surface area contributed by atoms with Crippen molar-refractivity contribution in [3.05, 3.63) is 24.0 Å². The molecule has 1 aromatic rings. The molecule has 0 saturated heterocycles. The molecular formula is C16H25FN2O3S. The second-order valence-corrected chi connectivity index (χ2v) is 7.68. The number of urea groups is 1. The van der Waals surface area contributed by atoms with Gasteiger partial charge in [0, 0.05) is 18.5 Å². The monoisotopic (exact) mass is 344 g/mol. The van der Waals surface area contributed by atoms with Crippen LogP contribution in [-0.4, -0.2) is 33.7 Å². The molecule has 0 bridgehead atoms. The summed E-state index contributed by atoms with van der Waals surface area (Å²) in [5.41, 5.74) is -0.730. The molecule has 1 rings (SSSR count). The molecule has 7 heteroatoms. The van der Waals surface area contributed by atoms with E-state index in [9.17, 15) is 18.5 Å². The minimum absolute atomic E-state index is 0.0903. The third-order valence-electron chi connectivity index (χ3n) is 3.39. The van der Waals surface area contributed by atoms with Crippen LogP contribution in [0.1, 0.15) is 33.6 Å². The summed E-state index contributed by atoms with van der Waals surface area (Å²) in [7, 11) is -1.42. The summed E-state index contributed by atoms with van der Waals surface area (Å²) in [6.07, 6.45) is 2.82. The zero-order valence-corrected chi connectivity index (χ0v) is 14.8. The molecule has 0 aliphatic heterocycles. The van der Waals surface area contributed by atoms with Gasteiger partial charge in [0.25, 0.3) is 0 Å². The number of benzene rings is 1. The first-order valence-electron chi connectivity index (χ1n) is 7.51. The van der Waals surface area contributed by atoms with Gasteiger partial charge >= 0.3 is 6.03 Å². The quantitative estimate of drug-likeness (QED) is 0.712. The van der Waals surface area contributed by atoms with Gasteiger partial charge in [0.15, 0.2) is 0 Å². The molecule has 2 unspecified atom stereocenters. The van der Waals surface area contributed by atoms with Crippen LogP contribution >= 0.6 is 0 Å². The normalized spacial score (nSPS) is 15.1. The van der Waals surface area contributed by atoms with Crippen LogP contribution in [0.5, 0.6) is 0 Å². The molecule has 0 aliphatic rings. The Hall–Kier alpha value is -1.47. The molecule has 5 nitrogen and oxygen atoms in total. The highest BCUT2D eigenvalue weighted by Gasteiger charge is 2.21. The fourth-order valence-corrected chi connectivity index (χ4v) is 2.54. The summed E-state index contributed by atoms with van der Waals surface area (Å²) < 4.78 is 25.0. The van der Waals surface area contributed by atoms with E-state index in [1.54, 1.807) is 6.92 Å². The molecule has 2 atom stereocenters. The van der Waals surface area contributed by atoms with Gasteiger partial charge in [-0.2, -0.15) is 0 Å². The van der Waals surface area contributed by atoms with E-state index in [1.165, 1.54) is 18.4 Å². The Morgan fingerprint density at radius 1 is 1.43 bits per heavy atom. The van der Waals surface area contributed by atoms with Gasteiger partial charge in [0.1, 0.15) is 5.82 Å². The SMILES string of the molecule is CC(C)CCC(C)(O)CNC(=O)Nc1ccc(S(C)=O)c(F)c1. The van der Waals surface area contributed by atoms with Gasteiger partial charge in [-0.3, -0.25) is 4.21 Å². The van der Waals surface area contributed by atoms with E-state index in [1.807, 2.05) is 0 Å². The van der Waals surface area contributed by atoms with Crippen LogP contribution in [-0.2, 0) is 10.8 Å². The van der Waals surface area contributed by atoms with Gasteiger partial charge in [-0.1, -0.05) is 13.8 Å². The van der Waals surface area contributed by atoms with E-state index in [0.717, 1.165) is 12.5 Å². The smallest absolute Gasteiger partial charge is 0.319 e. The zero-order chi connectivity index (χ0) is 17.6. The van der Waals surface area contributed by atoms with Crippen molar-refractivity contribution in [2.45, 2.75) is 44.1 Å². The number of halogens is 1. The van der Waals surface area contributed by atoms with Crippen LogP contribution in [0.2, 0.25) is 0 Å². The van der Waals surface area contributed by atoms with Gasteiger partial charge in [0.2, 0.25) is 0 Å². The Kier molecular flexibility index (Phi) is 7.15. The van der Waals surface area contributed by atoms with Crippen LogP contribution in [0.4, 0.5) is 14.9 Å². The number of carbonyl (C=O) groups excluding carboxylic acids is 1. The van der Waals surface area contributed by atoms with E-state index >= 15 is 0 Å². The molecular weight excluding hydrogens is 319 g/mol. The van der Waals surface area contributed by atoms with Crippen LogP contribution in [0.15, 0.2) is 23.1 Å². The highest BCUT2D eigenvalue weighted by molar-refractivity contribution is 7.84. The lowest BCUT2D eigenvalue weighted by molar-refractivity contribution is 0.0481. The molecule has 0 spiro atoms. The third-order valence-corrected chi connectivity index (χ3v) is 4.34. The number of hydrogen-bond acceptors (Lipinski definition) is 3. The Labute approximate surface area is 139 Å². The molecule has 0 aliphatic carbocycles. The largest absolute Gasteiger partial charge is 0.388 e. The summed E-state index contributed by atoms with van der Waals surface area (Å²) in [5.74, 6) is -0.159. The zero-order valence-electron chi connectivity index (χ0n) is 14.0. The standard InChI is InChI=1S/C16H25FN2O3S/c1-11(2)7-8-16(3,21)10-18-15(20)19-12-5-6-14(23(4)22)13(17)9-12/h5-6,9,11,21H,7-8,10H2,1-4H3,(H2,18,19,20). The summed E-state index contributed by atoms with van der Waals surface area (Å²) in [6.45, 7) is 5.90. The Balaban J connectivity index is 2.54. The number of anilines is 1. The summed E-state index contributed by atoms with van der Waals surface area (Å²) in [6, 6.07) is 3.45. The van der Waals surface area contributed by atoms with E-state index in [-0.39, 0.29) is 17.1 Å². The molecule has 0 saturated carbocycles. The van der Waals surface area contributed by atoms with E-state index < -0.39 is 28.2 Å². The topological polar surface area (TPSA) is 78.4 Å². The summed E-state index contributed by atoms with van der Waals surface area (Å²) >= 11 is 0. The maximum atomic E-state index is 13.7. The van der Waals surface area contributed by atoms with Crippen molar-refractivity contribution < 1.29 is 18.5 Å². The first kappa shape index (κ1) is 19.6. The summed E-state index contributed by atoms with van der Waals surface area (Å²) in [5, 5.41) is 15.2. The molecule has 0 radical (unpaired) electrons. The van der Waals surface area contributed by atoms with Crippen molar-refractivity contribution in [3.63, 3.8) is 0 Å². The second-order valence-electron chi connectivity index (χ2n) is 6.34. The van der Waals surface area contributed by atoms with Gasteiger partial charge in [-0.25, -0.2) is 9.18 Å². The fraction of sp³-hybridized carbons (Fsp3) is 0.562. The molecule has 130 valence electrons. The predicted molar refractivity (Wildman–Crippen MR) is 90.4 cm³/mol. The summed E-state index contributed by atoms with van der Waals surface area (Å²) in [4.78, 5) is 11.9. The fourth-order valence-electron chi connectivity index (χ4n) is 1.95. The molecule has 0 heterocycles. The first-order valence-corrected chi connectivity index (χ1v) is 9.07. The highest BCUT2D eigenvalue weighted by Crippen LogP contribution is 2.18. The average Bonchev–Trinajstić information content (AvgIpc) is 2.43. The second kappa shape index (κ2) is 8.40. The van der Waals surface area contributed by atoms with Crippen LogP contribution in [0.25, 0.3) is 0 Å². The van der Waals surface area contributed by atoms with Gasteiger partial charge in [0.05, 0.1) is 21.3 Å². The molecule has 2 amide bonds. The van der Waals surface area contributed by atoms with Crippen molar-refractivity contribution in [2.24, 2.45) is 5.92 Å². The van der Waals surface area contributed by atoms with E-state index in [2.05, 4.69) is 24.5 Å². The Bertz CT molecular complexity index is 576. The maximum absolute atomic E-state index is 13.7. The minimum atomic E-state index is -1.42. The van der Waals surface area contributed by atoms with Crippen molar-refractivity contribution >= 4 is 22.5 Å². The number of rotatable bonds is 7. The lowest BCUT2D eigenvalue weighted by Gasteiger charge is -2.24. The molecule has 23 heavy (non-hydrogen) atoms. The molecule has 1 aromatic carbocycles. The van der Waals surface area contributed by atoms with Crippen LogP contribution < -0.4 is 10.6 Å². The number of amides is 2. The van der Waals surface area contributed by atoms with Crippen molar-refractivity contribution in [1.82, 2.24) is 5.32 Å². The third kappa shape index (κ3) is 7.09. The van der Waals surface area contributed by atoms with E-state index in [0.29, 0.717) is 12.3 Å². The minimum Gasteiger partial charge on any atom is -0.388 e. The number of nitrogens with one attached hydrogen (secondary N) is 2. The number of hydrogen-bond donors (Lipinski definition) is 3. The number of carbonyl (C=O) groups is 1. The van der Waals surface area contributed by atoms with Crippen molar-refractivity contribution in [3.8, 4) is 0 Å². The van der Waals surface area contributed by atoms with Crippen molar-refractivity contribution in [2.75, 3.05) is 18.1 Å². The lowest BCUT2D eigenvalue weighted by Crippen LogP contribution is -2.42. The first-order chi connectivity index (χ1) is 10.6. The van der Waals surface area contributed by atoms with Crippen LogP contribution in [0, 0.1) is 11.7 Å². The van der Waals surface area contributed by atoms with Crippen molar-refractivity contribution in [1.29, 1.82) is 0 Å². The van der Waals surface area contributed by atoms with Gasteiger partial charge in [-0.15, -0.1) is 0 Å². The Morgan fingerprint density at radius 3 is 2.61 bits per heavy atom. The lowest BCUT2D eigenvalue weighted by atomic mass is 9.95. The molecule has 3 N–H and O–H groups in total. The van der Waals surface area contributed by atoms with E-state index in [4.69, 9.17) is 0 Å². The number of aliphatic hydroxyl groups is 1. The molecule has 0 aromatic heterocycles. The van der Waals surface area contributed by atoms with Gasteiger partial charge < -0.3 is 15.7 Å². The maximum Gasteiger partial charge on any atom is 0.319 e. The van der Waals surface area contributed by atoms with Crippen LogP contribution in [0.3, 0.4) is 0 Å². The Morgan fingerprint density at radius 2 is 2.09 bits per heavy atom. The highest BCUT2D eigenvalue weighted by atomic mass is 32.2. The molecule has 0 fully saturated rings. The average molecular weight is 344 g/mol. The van der Waals surface area contributed by atoms with Gasteiger partial charge in [-0.05, 0) is 43.9 Å². The predicted octanol–water partition coefficient (Wildman–Crippen LogP) is 2.87.